The lowest BCUT2D eigenvalue weighted by atomic mass is 10.1. The summed E-state index contributed by atoms with van der Waals surface area (Å²) < 4.78 is 13.5. The Hall–Kier alpha value is -3.10. The zero-order valence-corrected chi connectivity index (χ0v) is 18.8. The molecule has 160 valence electrons. The topological polar surface area (TPSA) is 76.7 Å². The molecule has 0 spiro atoms. The number of aromatic nitrogens is 1. The Morgan fingerprint density at radius 1 is 1.10 bits per heavy atom. The SMILES string of the molecule is CN(C)CCn1c(=O)oc2ccc(NC(=O)COc3ccc4cc(Br)ccc4c3)cc21. The predicted octanol–water partition coefficient (Wildman–Crippen LogP) is 4.09. The minimum atomic E-state index is -0.410. The average molecular weight is 484 g/mol. The zero-order valence-electron chi connectivity index (χ0n) is 17.2. The number of hydrogen-bond donors (Lipinski definition) is 1. The van der Waals surface area contributed by atoms with E-state index in [1.165, 1.54) is 0 Å². The Labute approximate surface area is 187 Å². The Kier molecular flexibility index (Phi) is 6.11. The van der Waals surface area contributed by atoms with E-state index < -0.39 is 5.76 Å². The van der Waals surface area contributed by atoms with Gasteiger partial charge in [0.05, 0.1) is 5.52 Å². The van der Waals surface area contributed by atoms with Crippen LogP contribution in [0.15, 0.2) is 68.3 Å². The summed E-state index contributed by atoms with van der Waals surface area (Å²) in [6, 6.07) is 16.8. The van der Waals surface area contributed by atoms with Crippen molar-refractivity contribution in [3.63, 3.8) is 0 Å². The summed E-state index contributed by atoms with van der Waals surface area (Å²) >= 11 is 3.46. The fraction of sp³-hybridized carbons (Fsp3) is 0.217. The maximum atomic E-state index is 12.4. The van der Waals surface area contributed by atoms with Crippen molar-refractivity contribution in [2.75, 3.05) is 32.6 Å². The second kappa shape index (κ2) is 8.95. The van der Waals surface area contributed by atoms with Crippen LogP contribution in [0.5, 0.6) is 5.75 Å². The van der Waals surface area contributed by atoms with E-state index in [1.54, 1.807) is 22.8 Å². The molecule has 0 aliphatic rings. The number of fused-ring (bicyclic) bond motifs is 2. The predicted molar refractivity (Wildman–Crippen MR) is 125 cm³/mol. The zero-order chi connectivity index (χ0) is 22.0. The van der Waals surface area contributed by atoms with Gasteiger partial charge in [0.1, 0.15) is 5.75 Å². The van der Waals surface area contributed by atoms with Crippen LogP contribution in [0.1, 0.15) is 0 Å². The molecule has 0 bridgehead atoms. The summed E-state index contributed by atoms with van der Waals surface area (Å²) in [5.74, 6) is -0.0827. The van der Waals surface area contributed by atoms with Gasteiger partial charge in [-0.2, -0.15) is 0 Å². The molecule has 0 radical (unpaired) electrons. The number of anilines is 1. The Balaban J connectivity index is 1.44. The first-order chi connectivity index (χ1) is 14.9. The maximum absolute atomic E-state index is 12.4. The number of carbonyl (C=O) groups excluding carboxylic acids is 1. The number of likely N-dealkylation sites (N-methyl/N-ethyl adjacent to an activating group) is 1. The maximum Gasteiger partial charge on any atom is 0.419 e. The third-order valence-corrected chi connectivity index (χ3v) is 5.36. The van der Waals surface area contributed by atoms with Crippen LogP contribution in [0.3, 0.4) is 0 Å². The first-order valence-corrected chi connectivity index (χ1v) is 10.6. The molecule has 4 rings (SSSR count). The molecule has 1 N–H and O–H groups in total. The molecule has 0 aliphatic heterocycles. The number of benzene rings is 3. The first kappa shape index (κ1) is 21.1. The molecule has 31 heavy (non-hydrogen) atoms. The van der Waals surface area contributed by atoms with E-state index in [2.05, 4.69) is 21.2 Å². The van der Waals surface area contributed by atoms with Crippen LogP contribution in [0.2, 0.25) is 0 Å². The Morgan fingerprint density at radius 2 is 1.87 bits per heavy atom. The van der Waals surface area contributed by atoms with Gasteiger partial charge in [0.2, 0.25) is 0 Å². The number of carbonyl (C=O) groups is 1. The normalized spacial score (nSPS) is 11.4. The van der Waals surface area contributed by atoms with Gasteiger partial charge in [0, 0.05) is 23.2 Å². The molecule has 0 fully saturated rings. The second-order valence-electron chi connectivity index (χ2n) is 7.50. The first-order valence-electron chi connectivity index (χ1n) is 9.79. The van der Waals surface area contributed by atoms with Crippen molar-refractivity contribution in [1.29, 1.82) is 0 Å². The fourth-order valence-electron chi connectivity index (χ4n) is 3.28. The van der Waals surface area contributed by atoms with Gasteiger partial charge in [-0.25, -0.2) is 4.79 Å². The highest BCUT2D eigenvalue weighted by Gasteiger charge is 2.12. The summed E-state index contributed by atoms with van der Waals surface area (Å²) in [7, 11) is 3.88. The number of amides is 1. The van der Waals surface area contributed by atoms with Crippen LogP contribution < -0.4 is 15.8 Å². The number of oxazole rings is 1. The number of hydrogen-bond acceptors (Lipinski definition) is 5. The minimum Gasteiger partial charge on any atom is -0.484 e. The summed E-state index contributed by atoms with van der Waals surface area (Å²) in [6.45, 7) is 1.07. The van der Waals surface area contributed by atoms with Crippen LogP contribution in [-0.2, 0) is 11.3 Å². The molecular weight excluding hydrogens is 462 g/mol. The van der Waals surface area contributed by atoms with E-state index in [1.807, 2.05) is 55.4 Å². The van der Waals surface area contributed by atoms with E-state index >= 15 is 0 Å². The third kappa shape index (κ3) is 4.98. The van der Waals surface area contributed by atoms with E-state index in [0.29, 0.717) is 35.6 Å². The lowest BCUT2D eigenvalue weighted by Crippen LogP contribution is -2.23. The molecule has 0 unspecified atom stereocenters. The quantitative estimate of drug-likeness (QED) is 0.428. The number of nitrogens with zero attached hydrogens (tertiary/aromatic N) is 2. The average Bonchev–Trinajstić information content (AvgIpc) is 3.05. The third-order valence-electron chi connectivity index (χ3n) is 4.87. The van der Waals surface area contributed by atoms with E-state index in [4.69, 9.17) is 9.15 Å². The smallest absolute Gasteiger partial charge is 0.419 e. The van der Waals surface area contributed by atoms with Gasteiger partial charge in [0.15, 0.2) is 12.2 Å². The number of rotatable bonds is 7. The van der Waals surface area contributed by atoms with Crippen LogP contribution in [0, 0.1) is 0 Å². The highest BCUT2D eigenvalue weighted by Crippen LogP contribution is 2.24. The monoisotopic (exact) mass is 483 g/mol. The highest BCUT2D eigenvalue weighted by atomic mass is 79.9. The molecule has 0 saturated heterocycles. The molecule has 0 atom stereocenters. The van der Waals surface area contributed by atoms with Crippen LogP contribution >= 0.6 is 15.9 Å². The molecular formula is C23H22BrN3O4. The lowest BCUT2D eigenvalue weighted by Gasteiger charge is -2.10. The number of ether oxygens (including phenoxy) is 1. The van der Waals surface area contributed by atoms with Crippen molar-refractivity contribution in [3.05, 3.63) is 69.6 Å². The van der Waals surface area contributed by atoms with E-state index in [9.17, 15) is 9.59 Å². The molecule has 1 amide bonds. The standard InChI is InChI=1S/C23H22BrN3O4/c1-26(2)9-10-27-20-13-18(6-8-21(20)31-23(27)29)25-22(28)14-30-19-7-4-15-11-17(24)5-3-16(15)12-19/h3-8,11-13H,9-10,14H2,1-2H3,(H,25,28). The van der Waals surface area contributed by atoms with Crippen molar-refractivity contribution >= 4 is 49.4 Å². The molecule has 7 nitrogen and oxygen atoms in total. The Bertz CT molecular complexity index is 1310. The summed E-state index contributed by atoms with van der Waals surface area (Å²) in [6.07, 6.45) is 0. The van der Waals surface area contributed by atoms with E-state index in [0.717, 1.165) is 15.2 Å². The van der Waals surface area contributed by atoms with Crippen molar-refractivity contribution in [2.45, 2.75) is 6.54 Å². The van der Waals surface area contributed by atoms with Crippen molar-refractivity contribution in [3.8, 4) is 5.75 Å². The van der Waals surface area contributed by atoms with Gasteiger partial charge in [-0.3, -0.25) is 9.36 Å². The van der Waals surface area contributed by atoms with Gasteiger partial charge in [-0.15, -0.1) is 0 Å². The van der Waals surface area contributed by atoms with Crippen LogP contribution in [0.4, 0.5) is 5.69 Å². The fourth-order valence-corrected chi connectivity index (χ4v) is 3.66. The van der Waals surface area contributed by atoms with Crippen molar-refractivity contribution in [2.24, 2.45) is 0 Å². The molecule has 8 heteroatoms. The van der Waals surface area contributed by atoms with Gasteiger partial charge in [-0.1, -0.05) is 28.1 Å². The number of nitrogens with one attached hydrogen (secondary N) is 1. The van der Waals surface area contributed by atoms with Crippen LogP contribution in [0.25, 0.3) is 21.9 Å². The minimum absolute atomic E-state index is 0.126. The molecule has 1 heterocycles. The summed E-state index contributed by atoms with van der Waals surface area (Å²) in [5.41, 5.74) is 1.70. The highest BCUT2D eigenvalue weighted by molar-refractivity contribution is 9.10. The van der Waals surface area contributed by atoms with Gasteiger partial charge in [0.25, 0.3) is 5.91 Å². The van der Waals surface area contributed by atoms with Gasteiger partial charge in [-0.05, 0) is 67.3 Å². The van der Waals surface area contributed by atoms with Crippen molar-refractivity contribution in [1.82, 2.24) is 9.47 Å². The van der Waals surface area contributed by atoms with Gasteiger partial charge >= 0.3 is 5.76 Å². The molecule has 4 aromatic rings. The summed E-state index contributed by atoms with van der Waals surface area (Å²) in [4.78, 5) is 26.5. The van der Waals surface area contributed by atoms with E-state index in [-0.39, 0.29) is 12.5 Å². The molecule has 0 saturated carbocycles. The second-order valence-corrected chi connectivity index (χ2v) is 8.41. The van der Waals surface area contributed by atoms with Crippen molar-refractivity contribution < 1.29 is 13.9 Å². The van der Waals surface area contributed by atoms with Gasteiger partial charge < -0.3 is 19.4 Å². The summed E-state index contributed by atoms with van der Waals surface area (Å²) in [5, 5.41) is 4.93. The lowest BCUT2D eigenvalue weighted by molar-refractivity contribution is -0.118. The van der Waals surface area contributed by atoms with Crippen LogP contribution in [-0.4, -0.2) is 42.6 Å². The molecule has 0 aliphatic carbocycles. The largest absolute Gasteiger partial charge is 0.484 e. The Morgan fingerprint density at radius 3 is 2.68 bits per heavy atom. The molecule has 1 aromatic heterocycles. The molecule has 3 aromatic carbocycles. The number of halogens is 1.